The number of carbonyl (C=O) groups is 1. The van der Waals surface area contributed by atoms with Gasteiger partial charge in [-0.25, -0.2) is 9.18 Å². The Balaban J connectivity index is 1.70. The maximum atomic E-state index is 13.9. The molecule has 1 aliphatic rings. The number of nitrogens with one attached hydrogen (secondary N) is 2. The number of halogens is 2. The molecule has 0 saturated carbocycles. The van der Waals surface area contributed by atoms with Crippen LogP contribution in [0.2, 0.25) is 0 Å². The first-order chi connectivity index (χ1) is 13.1. The van der Waals surface area contributed by atoms with E-state index < -0.39 is 11.8 Å². The van der Waals surface area contributed by atoms with Crippen LogP contribution in [0.1, 0.15) is 24.4 Å². The number of benzene rings is 2. The maximum Gasteiger partial charge on any atom is 0.319 e. The molecule has 1 saturated heterocycles. The molecule has 7 heteroatoms. The Morgan fingerprint density at radius 3 is 2.70 bits per heavy atom. The second-order valence-corrected chi connectivity index (χ2v) is 7.38. The zero-order chi connectivity index (χ0) is 19.2. The van der Waals surface area contributed by atoms with Crippen molar-refractivity contribution < 1.29 is 13.9 Å². The Kier molecular flexibility index (Phi) is 6.68. The quantitative estimate of drug-likeness (QED) is 0.699. The van der Waals surface area contributed by atoms with Gasteiger partial charge < -0.3 is 15.4 Å². The number of urea groups is 1. The topological polar surface area (TPSA) is 53.6 Å². The van der Waals surface area contributed by atoms with Gasteiger partial charge in [0.2, 0.25) is 0 Å². The highest BCUT2D eigenvalue weighted by Gasteiger charge is 2.26. The minimum Gasteiger partial charge on any atom is -0.496 e. The van der Waals surface area contributed by atoms with Crippen molar-refractivity contribution in [2.24, 2.45) is 0 Å². The van der Waals surface area contributed by atoms with Crippen LogP contribution >= 0.6 is 15.9 Å². The number of hydrogen-bond acceptors (Lipinski definition) is 3. The van der Waals surface area contributed by atoms with Gasteiger partial charge in [-0.05, 0) is 50.2 Å². The van der Waals surface area contributed by atoms with E-state index in [0.29, 0.717) is 11.0 Å². The van der Waals surface area contributed by atoms with Crippen molar-refractivity contribution in [1.82, 2.24) is 10.2 Å². The largest absolute Gasteiger partial charge is 0.496 e. The Morgan fingerprint density at radius 1 is 1.26 bits per heavy atom. The lowest BCUT2D eigenvalue weighted by atomic mass is 10.0. The van der Waals surface area contributed by atoms with Crippen LogP contribution in [0.15, 0.2) is 46.9 Å². The molecule has 1 heterocycles. The molecule has 2 N–H and O–H groups in total. The monoisotopic (exact) mass is 435 g/mol. The van der Waals surface area contributed by atoms with Crippen molar-refractivity contribution >= 4 is 27.6 Å². The van der Waals surface area contributed by atoms with Crippen LogP contribution in [0.4, 0.5) is 14.9 Å². The second kappa shape index (κ2) is 9.19. The predicted molar refractivity (Wildman–Crippen MR) is 108 cm³/mol. The molecule has 0 aliphatic carbocycles. The average molecular weight is 436 g/mol. The van der Waals surface area contributed by atoms with Gasteiger partial charge in [-0.2, -0.15) is 0 Å². The maximum absolute atomic E-state index is 13.9. The summed E-state index contributed by atoms with van der Waals surface area (Å²) in [5, 5.41) is 5.44. The number of carbonyl (C=O) groups excluding carboxylic acids is 1. The normalized spacial score (nSPS) is 15.4. The molecule has 0 bridgehead atoms. The van der Waals surface area contributed by atoms with Gasteiger partial charge in [0, 0.05) is 16.6 Å². The standard InChI is InChI=1S/C20H23BrFN3O2/c1-27-19-7-3-2-6-15(19)18(25-10-4-5-11-25)13-23-20(26)24-17-9-8-14(21)12-16(17)22/h2-3,6-9,12,18H,4-5,10-11,13H2,1H3,(H2,23,24,26). The molecule has 0 radical (unpaired) electrons. The molecule has 1 unspecified atom stereocenters. The number of rotatable bonds is 6. The van der Waals surface area contributed by atoms with Gasteiger partial charge in [0.1, 0.15) is 11.6 Å². The van der Waals surface area contributed by atoms with Gasteiger partial charge in [0.05, 0.1) is 18.8 Å². The van der Waals surface area contributed by atoms with Crippen molar-refractivity contribution in [2.75, 3.05) is 32.1 Å². The zero-order valence-electron chi connectivity index (χ0n) is 15.2. The number of para-hydroxylation sites is 1. The molecule has 0 aromatic heterocycles. The fourth-order valence-electron chi connectivity index (χ4n) is 3.38. The van der Waals surface area contributed by atoms with E-state index in [1.54, 1.807) is 13.2 Å². The minimum atomic E-state index is -0.486. The third-order valence-electron chi connectivity index (χ3n) is 4.71. The second-order valence-electron chi connectivity index (χ2n) is 6.46. The first kappa shape index (κ1) is 19.6. The summed E-state index contributed by atoms with van der Waals surface area (Å²) in [4.78, 5) is 14.6. The highest BCUT2D eigenvalue weighted by Crippen LogP contribution is 2.31. The summed E-state index contributed by atoms with van der Waals surface area (Å²) >= 11 is 3.20. The summed E-state index contributed by atoms with van der Waals surface area (Å²) in [5.74, 6) is 0.316. The molecule has 5 nitrogen and oxygen atoms in total. The molecule has 2 aromatic rings. The summed E-state index contributed by atoms with van der Waals surface area (Å²) in [7, 11) is 1.65. The molecular weight excluding hydrogens is 413 g/mol. The summed E-state index contributed by atoms with van der Waals surface area (Å²) < 4.78 is 20.0. The number of nitrogens with zero attached hydrogens (tertiary/aromatic N) is 1. The summed E-state index contributed by atoms with van der Waals surface area (Å²) in [6.07, 6.45) is 2.28. The van der Waals surface area contributed by atoms with Crippen molar-refractivity contribution in [1.29, 1.82) is 0 Å². The van der Waals surface area contributed by atoms with Crippen molar-refractivity contribution in [3.05, 3.63) is 58.3 Å². The third kappa shape index (κ3) is 4.99. The molecule has 1 atom stereocenters. The van der Waals surface area contributed by atoms with Gasteiger partial charge in [0.15, 0.2) is 0 Å². The van der Waals surface area contributed by atoms with E-state index in [-0.39, 0.29) is 11.7 Å². The predicted octanol–water partition coefficient (Wildman–Crippen LogP) is 4.56. The molecular formula is C20H23BrFN3O2. The van der Waals surface area contributed by atoms with E-state index in [0.717, 1.165) is 37.2 Å². The first-order valence-corrected chi connectivity index (χ1v) is 9.74. The van der Waals surface area contributed by atoms with Crippen molar-refractivity contribution in [2.45, 2.75) is 18.9 Å². The lowest BCUT2D eigenvalue weighted by Crippen LogP contribution is -2.38. The summed E-state index contributed by atoms with van der Waals surface area (Å²) in [6.45, 7) is 2.37. The van der Waals surface area contributed by atoms with Crippen molar-refractivity contribution in [3.63, 3.8) is 0 Å². The van der Waals surface area contributed by atoms with Crippen LogP contribution in [0.25, 0.3) is 0 Å². The molecule has 0 spiro atoms. The molecule has 27 heavy (non-hydrogen) atoms. The van der Waals surface area contributed by atoms with Crippen LogP contribution < -0.4 is 15.4 Å². The molecule has 1 aliphatic heterocycles. The van der Waals surface area contributed by atoms with E-state index in [1.807, 2.05) is 24.3 Å². The van der Waals surface area contributed by atoms with Crippen LogP contribution in [0.3, 0.4) is 0 Å². The van der Waals surface area contributed by atoms with E-state index in [9.17, 15) is 9.18 Å². The van der Waals surface area contributed by atoms with Crippen LogP contribution in [-0.2, 0) is 0 Å². The van der Waals surface area contributed by atoms with Gasteiger partial charge in [-0.3, -0.25) is 4.90 Å². The van der Waals surface area contributed by atoms with E-state index in [1.165, 1.54) is 12.1 Å². The first-order valence-electron chi connectivity index (χ1n) is 8.95. The lowest BCUT2D eigenvalue weighted by Gasteiger charge is -2.29. The number of likely N-dealkylation sites (tertiary alicyclic amines) is 1. The van der Waals surface area contributed by atoms with Crippen molar-refractivity contribution in [3.8, 4) is 5.75 Å². The van der Waals surface area contributed by atoms with Crippen LogP contribution in [0.5, 0.6) is 5.75 Å². The molecule has 144 valence electrons. The third-order valence-corrected chi connectivity index (χ3v) is 5.21. The number of hydrogen-bond donors (Lipinski definition) is 2. The molecule has 1 fully saturated rings. The number of amides is 2. The lowest BCUT2D eigenvalue weighted by molar-refractivity contribution is 0.224. The van der Waals surface area contributed by atoms with Gasteiger partial charge in [0.25, 0.3) is 0 Å². The van der Waals surface area contributed by atoms with Crippen LogP contribution in [-0.4, -0.2) is 37.7 Å². The Hall–Kier alpha value is -2.12. The highest BCUT2D eigenvalue weighted by atomic mass is 79.9. The average Bonchev–Trinajstić information content (AvgIpc) is 3.19. The Bertz CT molecular complexity index is 797. The van der Waals surface area contributed by atoms with E-state index in [4.69, 9.17) is 4.74 Å². The Labute approximate surface area is 167 Å². The number of ether oxygens (including phenoxy) is 1. The SMILES string of the molecule is COc1ccccc1C(CNC(=O)Nc1ccc(Br)cc1F)N1CCCC1. The summed E-state index contributed by atoms with van der Waals surface area (Å²) in [6, 6.07) is 11.9. The van der Waals surface area contributed by atoms with Gasteiger partial charge >= 0.3 is 6.03 Å². The zero-order valence-corrected chi connectivity index (χ0v) is 16.8. The molecule has 2 amide bonds. The molecule has 3 rings (SSSR count). The van der Waals surface area contributed by atoms with E-state index in [2.05, 4.69) is 31.5 Å². The highest BCUT2D eigenvalue weighted by molar-refractivity contribution is 9.10. The van der Waals surface area contributed by atoms with Crippen LogP contribution in [0, 0.1) is 5.82 Å². The minimum absolute atomic E-state index is 0.00386. The number of methoxy groups -OCH3 is 1. The summed E-state index contributed by atoms with van der Waals surface area (Å²) in [5.41, 5.74) is 1.18. The fraction of sp³-hybridized carbons (Fsp3) is 0.350. The van der Waals surface area contributed by atoms with E-state index >= 15 is 0 Å². The smallest absolute Gasteiger partial charge is 0.319 e. The fourth-order valence-corrected chi connectivity index (χ4v) is 3.71. The molecule has 2 aromatic carbocycles. The van der Waals surface area contributed by atoms with Gasteiger partial charge in [-0.15, -0.1) is 0 Å². The Morgan fingerprint density at radius 2 is 2.00 bits per heavy atom. The van der Waals surface area contributed by atoms with Gasteiger partial charge in [-0.1, -0.05) is 34.1 Å². The number of anilines is 1.